The minimum absolute atomic E-state index is 0.0879. The standard InChI is InChI=1S/C15H12F2N2/c16-12-4-2-5-13(17)15(12)19-9-10-3-1-6-14-11(10)7-8-18-14/h1-8,18-19H,9H2. The van der Waals surface area contributed by atoms with Gasteiger partial charge in [0.25, 0.3) is 0 Å². The van der Waals surface area contributed by atoms with Crippen LogP contribution in [0.3, 0.4) is 0 Å². The van der Waals surface area contributed by atoms with Crippen LogP contribution in [0.5, 0.6) is 0 Å². The van der Waals surface area contributed by atoms with E-state index in [0.717, 1.165) is 16.5 Å². The maximum atomic E-state index is 13.5. The lowest BCUT2D eigenvalue weighted by molar-refractivity contribution is 0.588. The molecule has 4 heteroatoms. The number of para-hydroxylation sites is 1. The van der Waals surface area contributed by atoms with Gasteiger partial charge in [-0.15, -0.1) is 0 Å². The molecule has 2 N–H and O–H groups in total. The molecule has 1 heterocycles. The fourth-order valence-electron chi connectivity index (χ4n) is 2.15. The predicted octanol–water partition coefficient (Wildman–Crippen LogP) is 4.06. The van der Waals surface area contributed by atoms with Crippen molar-refractivity contribution >= 4 is 16.6 Å². The second kappa shape index (κ2) is 4.72. The van der Waals surface area contributed by atoms with Gasteiger partial charge in [-0.3, -0.25) is 0 Å². The zero-order chi connectivity index (χ0) is 13.2. The van der Waals surface area contributed by atoms with Gasteiger partial charge in [-0.2, -0.15) is 0 Å². The number of rotatable bonds is 3. The highest BCUT2D eigenvalue weighted by Crippen LogP contribution is 2.22. The predicted molar refractivity (Wildman–Crippen MR) is 72.0 cm³/mol. The van der Waals surface area contributed by atoms with Crippen LogP contribution in [-0.4, -0.2) is 4.98 Å². The number of anilines is 1. The van der Waals surface area contributed by atoms with Gasteiger partial charge in [-0.25, -0.2) is 8.78 Å². The van der Waals surface area contributed by atoms with Crippen LogP contribution in [-0.2, 0) is 6.54 Å². The van der Waals surface area contributed by atoms with Crippen molar-refractivity contribution < 1.29 is 8.78 Å². The van der Waals surface area contributed by atoms with E-state index in [2.05, 4.69) is 10.3 Å². The zero-order valence-electron chi connectivity index (χ0n) is 10.1. The van der Waals surface area contributed by atoms with Gasteiger partial charge in [0, 0.05) is 23.6 Å². The van der Waals surface area contributed by atoms with Crippen molar-refractivity contribution in [2.45, 2.75) is 6.54 Å². The summed E-state index contributed by atoms with van der Waals surface area (Å²) < 4.78 is 27.0. The van der Waals surface area contributed by atoms with E-state index in [4.69, 9.17) is 0 Å². The largest absolute Gasteiger partial charge is 0.376 e. The molecule has 0 fully saturated rings. The lowest BCUT2D eigenvalue weighted by atomic mass is 10.1. The van der Waals surface area contributed by atoms with E-state index >= 15 is 0 Å². The van der Waals surface area contributed by atoms with Gasteiger partial charge in [-0.1, -0.05) is 18.2 Å². The zero-order valence-corrected chi connectivity index (χ0v) is 10.1. The second-order valence-corrected chi connectivity index (χ2v) is 4.31. The van der Waals surface area contributed by atoms with Gasteiger partial charge < -0.3 is 10.3 Å². The lowest BCUT2D eigenvalue weighted by Crippen LogP contribution is -2.03. The number of benzene rings is 2. The van der Waals surface area contributed by atoms with E-state index < -0.39 is 11.6 Å². The summed E-state index contributed by atoms with van der Waals surface area (Å²) in [5.74, 6) is -1.16. The summed E-state index contributed by atoms with van der Waals surface area (Å²) in [5.41, 5.74) is 1.91. The van der Waals surface area contributed by atoms with E-state index in [1.165, 1.54) is 18.2 Å². The number of H-pyrrole nitrogens is 1. The molecule has 0 bridgehead atoms. The molecule has 3 aromatic rings. The van der Waals surface area contributed by atoms with Crippen LogP contribution in [0.15, 0.2) is 48.7 Å². The highest BCUT2D eigenvalue weighted by atomic mass is 19.1. The number of aromatic nitrogens is 1. The van der Waals surface area contributed by atoms with Crippen LogP contribution < -0.4 is 5.32 Å². The molecule has 0 aliphatic heterocycles. The Morgan fingerprint density at radius 2 is 1.68 bits per heavy atom. The fraction of sp³-hybridized carbons (Fsp3) is 0.0667. The molecule has 0 radical (unpaired) electrons. The third kappa shape index (κ3) is 2.17. The van der Waals surface area contributed by atoms with E-state index in [1.54, 1.807) is 0 Å². The van der Waals surface area contributed by atoms with Crippen molar-refractivity contribution in [1.82, 2.24) is 4.98 Å². The van der Waals surface area contributed by atoms with Gasteiger partial charge in [0.15, 0.2) is 0 Å². The Kier molecular flexibility index (Phi) is 2.91. The molecule has 2 aromatic carbocycles. The monoisotopic (exact) mass is 258 g/mol. The van der Waals surface area contributed by atoms with Crippen molar-refractivity contribution in [1.29, 1.82) is 0 Å². The first-order valence-electron chi connectivity index (χ1n) is 5.98. The highest BCUT2D eigenvalue weighted by Gasteiger charge is 2.08. The molecule has 0 aliphatic carbocycles. The molecular weight excluding hydrogens is 246 g/mol. The van der Waals surface area contributed by atoms with Crippen LogP contribution in [0.25, 0.3) is 10.9 Å². The number of fused-ring (bicyclic) bond motifs is 1. The van der Waals surface area contributed by atoms with Gasteiger partial charge in [0.05, 0.1) is 0 Å². The van der Waals surface area contributed by atoms with Crippen LogP contribution in [0, 0.1) is 11.6 Å². The van der Waals surface area contributed by atoms with E-state index in [1.807, 2.05) is 30.5 Å². The van der Waals surface area contributed by atoms with Gasteiger partial charge in [-0.05, 0) is 29.8 Å². The van der Waals surface area contributed by atoms with Crippen molar-refractivity contribution in [2.24, 2.45) is 0 Å². The fourth-order valence-corrected chi connectivity index (χ4v) is 2.15. The van der Waals surface area contributed by atoms with E-state index in [-0.39, 0.29) is 5.69 Å². The molecule has 3 rings (SSSR count). The Balaban J connectivity index is 1.88. The smallest absolute Gasteiger partial charge is 0.149 e. The number of nitrogens with one attached hydrogen (secondary N) is 2. The molecule has 0 aliphatic rings. The summed E-state index contributed by atoms with van der Waals surface area (Å²) in [6.45, 7) is 0.368. The average Bonchev–Trinajstić information content (AvgIpc) is 2.87. The Hall–Kier alpha value is -2.36. The molecule has 1 aromatic heterocycles. The maximum Gasteiger partial charge on any atom is 0.149 e. The van der Waals surface area contributed by atoms with Crippen LogP contribution in [0.1, 0.15) is 5.56 Å². The van der Waals surface area contributed by atoms with Crippen molar-refractivity contribution in [3.05, 3.63) is 65.9 Å². The number of halogens is 2. The number of aromatic amines is 1. The normalized spacial score (nSPS) is 10.8. The van der Waals surface area contributed by atoms with Crippen molar-refractivity contribution in [3.63, 3.8) is 0 Å². The molecule has 0 saturated heterocycles. The maximum absolute atomic E-state index is 13.5. The van der Waals surface area contributed by atoms with E-state index in [9.17, 15) is 8.78 Å². The molecule has 96 valence electrons. The first kappa shape index (κ1) is 11.7. The quantitative estimate of drug-likeness (QED) is 0.728. The summed E-state index contributed by atoms with van der Waals surface area (Å²) >= 11 is 0. The third-order valence-electron chi connectivity index (χ3n) is 3.10. The topological polar surface area (TPSA) is 27.8 Å². The van der Waals surface area contributed by atoms with E-state index in [0.29, 0.717) is 6.54 Å². The summed E-state index contributed by atoms with van der Waals surface area (Å²) in [5, 5.41) is 3.86. The molecule has 0 atom stereocenters. The molecule has 0 unspecified atom stereocenters. The Labute approximate surface area is 109 Å². The summed E-state index contributed by atoms with van der Waals surface area (Å²) in [6.07, 6.45) is 1.85. The molecule has 0 saturated carbocycles. The van der Waals surface area contributed by atoms with Crippen LogP contribution in [0.2, 0.25) is 0 Å². The first-order valence-corrected chi connectivity index (χ1v) is 5.98. The molecular formula is C15H12F2N2. The minimum atomic E-state index is -0.582. The minimum Gasteiger partial charge on any atom is -0.376 e. The average molecular weight is 258 g/mol. The summed E-state index contributed by atoms with van der Waals surface area (Å²) in [7, 11) is 0. The molecule has 0 spiro atoms. The van der Waals surface area contributed by atoms with Gasteiger partial charge in [0.1, 0.15) is 17.3 Å². The van der Waals surface area contributed by atoms with Gasteiger partial charge >= 0.3 is 0 Å². The third-order valence-corrected chi connectivity index (χ3v) is 3.10. The van der Waals surface area contributed by atoms with Gasteiger partial charge in [0.2, 0.25) is 0 Å². The second-order valence-electron chi connectivity index (χ2n) is 4.31. The van der Waals surface area contributed by atoms with Crippen molar-refractivity contribution in [2.75, 3.05) is 5.32 Å². The van der Waals surface area contributed by atoms with Crippen LogP contribution in [0.4, 0.5) is 14.5 Å². The molecule has 0 amide bonds. The summed E-state index contributed by atoms with van der Waals surface area (Å²) in [6, 6.07) is 11.6. The summed E-state index contributed by atoms with van der Waals surface area (Å²) in [4.78, 5) is 3.10. The van der Waals surface area contributed by atoms with Crippen LogP contribution >= 0.6 is 0 Å². The van der Waals surface area contributed by atoms with Crippen molar-refractivity contribution in [3.8, 4) is 0 Å². The molecule has 2 nitrogen and oxygen atoms in total. The Morgan fingerprint density at radius 3 is 2.47 bits per heavy atom. The number of hydrogen-bond donors (Lipinski definition) is 2. The highest BCUT2D eigenvalue weighted by molar-refractivity contribution is 5.83. The Morgan fingerprint density at radius 1 is 0.947 bits per heavy atom. The first-order chi connectivity index (χ1) is 9.25. The number of hydrogen-bond acceptors (Lipinski definition) is 1. The Bertz CT molecular complexity index is 699. The molecule has 19 heavy (non-hydrogen) atoms. The SMILES string of the molecule is Fc1cccc(F)c1NCc1cccc2[nH]ccc12. The lowest BCUT2D eigenvalue weighted by Gasteiger charge is -2.09.